The van der Waals surface area contributed by atoms with Gasteiger partial charge in [0.05, 0.1) is 29.6 Å². The first kappa shape index (κ1) is 23.2. The summed E-state index contributed by atoms with van der Waals surface area (Å²) in [6.07, 6.45) is 1.30. The number of halogens is 3. The summed E-state index contributed by atoms with van der Waals surface area (Å²) in [5.74, 6) is -5.57. The fraction of sp³-hybridized carbons (Fsp3) is 0.300. The van der Waals surface area contributed by atoms with Crippen LogP contribution in [0.5, 0.6) is 0 Å². The number of aromatic nitrogens is 2. The van der Waals surface area contributed by atoms with Gasteiger partial charge in [-0.3, -0.25) is 4.79 Å². The quantitative estimate of drug-likeness (QED) is 0.408. The molecule has 9 nitrogen and oxygen atoms in total. The highest BCUT2D eigenvalue weighted by molar-refractivity contribution is 7.89. The van der Waals surface area contributed by atoms with Crippen LogP contribution in [0.3, 0.4) is 0 Å². The summed E-state index contributed by atoms with van der Waals surface area (Å²) in [5, 5.41) is 21.7. The average molecular weight is 484 g/mol. The number of aliphatic hydroxyl groups excluding tert-OH is 1. The van der Waals surface area contributed by atoms with Gasteiger partial charge >= 0.3 is 0 Å². The Hall–Kier alpha value is -3.00. The molecule has 3 aromatic rings. The van der Waals surface area contributed by atoms with Gasteiger partial charge in [0.1, 0.15) is 4.90 Å². The van der Waals surface area contributed by atoms with Gasteiger partial charge in [-0.15, -0.1) is 0 Å². The molecule has 1 saturated heterocycles. The van der Waals surface area contributed by atoms with E-state index in [0.717, 1.165) is 10.4 Å². The molecule has 0 radical (unpaired) electrons. The summed E-state index contributed by atoms with van der Waals surface area (Å²) < 4.78 is 67.9. The molecule has 1 aliphatic heterocycles. The van der Waals surface area contributed by atoms with E-state index in [1.54, 1.807) is 0 Å². The first-order valence-electron chi connectivity index (χ1n) is 9.80. The zero-order valence-corrected chi connectivity index (χ0v) is 17.8. The molecule has 4 N–H and O–H groups in total. The maximum absolute atomic E-state index is 13.5. The standard InChI is InChI=1S/C20H19F3N4O5S/c21-13-7-12(8-14(22)17(13)23)26-19(29)11-5-15-18(25-10-24-15)16(6-11)33(31,32)27-3-1-20(30,9-28)2-4-27/h5-8,10,28,30H,1-4,9H2,(H,24,25)(H,26,29). The first-order chi connectivity index (χ1) is 15.5. The second-order valence-electron chi connectivity index (χ2n) is 7.77. The highest BCUT2D eigenvalue weighted by Crippen LogP contribution is 2.30. The topological polar surface area (TPSA) is 136 Å². The fourth-order valence-electron chi connectivity index (χ4n) is 3.62. The number of imidazole rings is 1. The lowest BCUT2D eigenvalue weighted by atomic mass is 9.94. The number of carbonyl (C=O) groups excluding carboxylic acids is 1. The Morgan fingerprint density at radius 3 is 2.39 bits per heavy atom. The number of hydrogen-bond donors (Lipinski definition) is 4. The van der Waals surface area contributed by atoms with E-state index in [1.807, 2.05) is 0 Å². The SMILES string of the molecule is O=C(Nc1cc(F)c(F)c(F)c1)c1cc(S(=O)(=O)N2CCC(O)(CO)CC2)c2[nH]cnc2c1. The van der Waals surface area contributed by atoms with Crippen molar-refractivity contribution in [2.75, 3.05) is 25.0 Å². The molecule has 0 unspecified atom stereocenters. The molecule has 176 valence electrons. The maximum Gasteiger partial charge on any atom is 0.255 e. The van der Waals surface area contributed by atoms with Crippen molar-refractivity contribution in [1.29, 1.82) is 0 Å². The highest BCUT2D eigenvalue weighted by Gasteiger charge is 2.37. The molecule has 0 bridgehead atoms. The van der Waals surface area contributed by atoms with Crippen molar-refractivity contribution in [3.63, 3.8) is 0 Å². The number of hydrogen-bond acceptors (Lipinski definition) is 6. The average Bonchev–Trinajstić information content (AvgIpc) is 3.25. The molecule has 0 saturated carbocycles. The number of nitrogens with one attached hydrogen (secondary N) is 2. The number of aliphatic hydroxyl groups is 2. The predicted octanol–water partition coefficient (Wildman–Crippen LogP) is 1.74. The molecule has 13 heteroatoms. The third kappa shape index (κ3) is 4.31. The Labute approximate surface area is 185 Å². The molecular formula is C20H19F3N4O5S. The van der Waals surface area contributed by atoms with E-state index in [0.29, 0.717) is 12.1 Å². The Kier molecular flexibility index (Phi) is 5.90. The molecule has 0 atom stereocenters. The maximum atomic E-state index is 13.5. The van der Waals surface area contributed by atoms with Gasteiger partial charge in [-0.05, 0) is 25.0 Å². The number of piperidine rings is 1. The predicted molar refractivity (Wildman–Crippen MR) is 110 cm³/mol. The van der Waals surface area contributed by atoms with Gasteiger partial charge in [0.25, 0.3) is 5.91 Å². The monoisotopic (exact) mass is 484 g/mol. The van der Waals surface area contributed by atoms with Crippen LogP contribution in [-0.2, 0) is 10.0 Å². The van der Waals surface area contributed by atoms with Gasteiger partial charge in [0.2, 0.25) is 10.0 Å². The zero-order valence-electron chi connectivity index (χ0n) is 17.0. The number of amides is 1. The summed E-state index contributed by atoms with van der Waals surface area (Å²) in [5.41, 5.74) is -1.59. The lowest BCUT2D eigenvalue weighted by Crippen LogP contribution is -2.48. The van der Waals surface area contributed by atoms with Crippen LogP contribution >= 0.6 is 0 Å². The lowest BCUT2D eigenvalue weighted by molar-refractivity contribution is -0.0479. The fourth-order valence-corrected chi connectivity index (χ4v) is 5.26. The molecule has 1 aliphatic rings. The number of aromatic amines is 1. The summed E-state index contributed by atoms with van der Waals surface area (Å²) >= 11 is 0. The second-order valence-corrected chi connectivity index (χ2v) is 9.67. The van der Waals surface area contributed by atoms with Crippen molar-refractivity contribution in [3.8, 4) is 0 Å². The van der Waals surface area contributed by atoms with Gasteiger partial charge in [0, 0.05) is 36.5 Å². The van der Waals surface area contributed by atoms with Gasteiger partial charge in [-0.2, -0.15) is 4.31 Å². The van der Waals surface area contributed by atoms with Crippen LogP contribution in [-0.4, -0.2) is 64.1 Å². The highest BCUT2D eigenvalue weighted by atomic mass is 32.2. The minimum absolute atomic E-state index is 0.0245. The number of rotatable bonds is 5. The molecule has 1 amide bonds. The Morgan fingerprint density at radius 1 is 1.15 bits per heavy atom. The molecular weight excluding hydrogens is 465 g/mol. The molecule has 2 heterocycles. The summed E-state index contributed by atoms with van der Waals surface area (Å²) in [4.78, 5) is 19.2. The van der Waals surface area contributed by atoms with Crippen LogP contribution in [0.15, 0.2) is 35.5 Å². The molecule has 4 rings (SSSR count). The number of anilines is 1. The van der Waals surface area contributed by atoms with Gasteiger partial charge in [-0.1, -0.05) is 0 Å². The van der Waals surface area contributed by atoms with Crippen molar-refractivity contribution in [3.05, 3.63) is 53.6 Å². The Bertz CT molecular complexity index is 1310. The van der Waals surface area contributed by atoms with Gasteiger partial charge < -0.3 is 20.5 Å². The third-order valence-electron chi connectivity index (χ3n) is 5.56. The molecule has 0 aliphatic carbocycles. The van der Waals surface area contributed by atoms with Gasteiger partial charge in [-0.25, -0.2) is 26.6 Å². The largest absolute Gasteiger partial charge is 0.393 e. The van der Waals surface area contributed by atoms with Gasteiger partial charge in [0.15, 0.2) is 17.5 Å². The van der Waals surface area contributed by atoms with Crippen molar-refractivity contribution >= 4 is 32.7 Å². The molecule has 33 heavy (non-hydrogen) atoms. The Balaban J connectivity index is 1.68. The van der Waals surface area contributed by atoms with E-state index in [9.17, 15) is 36.6 Å². The first-order valence-corrected chi connectivity index (χ1v) is 11.2. The van der Waals surface area contributed by atoms with Crippen LogP contribution in [0, 0.1) is 17.5 Å². The number of H-pyrrole nitrogens is 1. The smallest absolute Gasteiger partial charge is 0.255 e. The van der Waals surface area contributed by atoms with E-state index >= 15 is 0 Å². The van der Waals surface area contributed by atoms with E-state index in [1.165, 1.54) is 12.4 Å². The molecule has 2 aromatic carbocycles. The second kappa shape index (κ2) is 8.41. The third-order valence-corrected chi connectivity index (χ3v) is 7.49. The molecule has 1 aromatic heterocycles. The van der Waals surface area contributed by atoms with Crippen molar-refractivity contribution in [1.82, 2.24) is 14.3 Å². The summed E-state index contributed by atoms with van der Waals surface area (Å²) in [6.45, 7) is -0.606. The number of fused-ring (bicyclic) bond motifs is 1. The number of carbonyl (C=O) groups is 1. The zero-order chi connectivity index (χ0) is 24.0. The van der Waals surface area contributed by atoms with Crippen LogP contribution < -0.4 is 5.32 Å². The Morgan fingerprint density at radius 2 is 1.79 bits per heavy atom. The molecule has 1 fully saturated rings. The van der Waals surface area contributed by atoms with E-state index < -0.39 is 45.6 Å². The minimum atomic E-state index is -4.15. The van der Waals surface area contributed by atoms with Crippen LogP contribution in [0.4, 0.5) is 18.9 Å². The summed E-state index contributed by atoms with van der Waals surface area (Å²) in [6, 6.07) is 3.57. The van der Waals surface area contributed by atoms with Crippen LogP contribution in [0.25, 0.3) is 11.0 Å². The van der Waals surface area contributed by atoms with E-state index in [-0.39, 0.29) is 53.1 Å². The lowest BCUT2D eigenvalue weighted by Gasteiger charge is -2.36. The van der Waals surface area contributed by atoms with Crippen LogP contribution in [0.1, 0.15) is 23.2 Å². The molecule has 0 spiro atoms. The normalized spacial score (nSPS) is 16.8. The van der Waals surface area contributed by atoms with E-state index in [2.05, 4.69) is 15.3 Å². The van der Waals surface area contributed by atoms with Crippen molar-refractivity contribution in [2.45, 2.75) is 23.3 Å². The number of sulfonamides is 1. The number of benzene rings is 2. The summed E-state index contributed by atoms with van der Waals surface area (Å²) in [7, 11) is -4.15. The van der Waals surface area contributed by atoms with Crippen molar-refractivity contribution in [2.24, 2.45) is 0 Å². The number of nitrogens with zero attached hydrogens (tertiary/aromatic N) is 2. The van der Waals surface area contributed by atoms with Crippen molar-refractivity contribution < 1.29 is 36.6 Å². The van der Waals surface area contributed by atoms with Crippen LogP contribution in [0.2, 0.25) is 0 Å². The van der Waals surface area contributed by atoms with E-state index in [4.69, 9.17) is 0 Å². The minimum Gasteiger partial charge on any atom is -0.393 e.